The number of rotatable bonds is 6. The third kappa shape index (κ3) is 3.71. The van der Waals surface area contributed by atoms with Crippen molar-refractivity contribution in [2.75, 3.05) is 13.1 Å². The molecule has 3 N–H and O–H groups in total. The van der Waals surface area contributed by atoms with Crippen molar-refractivity contribution in [3.8, 4) is 12.3 Å². The van der Waals surface area contributed by atoms with E-state index in [0.29, 0.717) is 12.8 Å². The first kappa shape index (κ1) is 16.5. The summed E-state index contributed by atoms with van der Waals surface area (Å²) in [5, 5.41) is 21.4. The number of nitrogens with one attached hydrogen (secondary N) is 1. The van der Waals surface area contributed by atoms with Gasteiger partial charge in [-0.05, 0) is 12.8 Å². The van der Waals surface area contributed by atoms with Crippen LogP contribution < -0.4 is 5.32 Å². The van der Waals surface area contributed by atoms with Crippen LogP contribution in [0, 0.1) is 12.3 Å². The second-order valence-corrected chi connectivity index (χ2v) is 5.15. The van der Waals surface area contributed by atoms with Crippen LogP contribution in [0.2, 0.25) is 0 Å². The number of carboxylic acid groups (broad SMARTS) is 1. The molecule has 0 bridgehead atoms. The Kier molecular flexibility index (Phi) is 5.54. The molecule has 1 aliphatic rings. The van der Waals surface area contributed by atoms with Crippen LogP contribution in [0.15, 0.2) is 0 Å². The standard InChI is InChI=1S/C14H22N2O4/c1-4-14(5-2,6-3)15-12(18)9-16-8-10(17)7-11(16)13(19)20/h1,10-11,17H,5-9H2,2-3H3,(H,15,18)(H,19,20). The van der Waals surface area contributed by atoms with E-state index in [0.717, 1.165) is 0 Å². The first-order chi connectivity index (χ1) is 9.37. The molecule has 0 aliphatic carbocycles. The number of amides is 1. The predicted molar refractivity (Wildman–Crippen MR) is 73.9 cm³/mol. The van der Waals surface area contributed by atoms with E-state index in [1.165, 1.54) is 4.90 Å². The molecule has 1 heterocycles. The summed E-state index contributed by atoms with van der Waals surface area (Å²) in [6.45, 7) is 3.90. The maximum Gasteiger partial charge on any atom is 0.321 e. The number of aliphatic hydroxyl groups excluding tert-OH is 1. The van der Waals surface area contributed by atoms with Gasteiger partial charge in [0.25, 0.3) is 0 Å². The lowest BCUT2D eigenvalue weighted by Crippen LogP contribution is -2.51. The van der Waals surface area contributed by atoms with Crippen LogP contribution in [0.4, 0.5) is 0 Å². The summed E-state index contributed by atoms with van der Waals surface area (Å²) in [7, 11) is 0. The number of likely N-dealkylation sites (tertiary alicyclic amines) is 1. The summed E-state index contributed by atoms with van der Waals surface area (Å²) >= 11 is 0. The van der Waals surface area contributed by atoms with Crippen molar-refractivity contribution in [1.29, 1.82) is 0 Å². The van der Waals surface area contributed by atoms with E-state index >= 15 is 0 Å². The highest BCUT2D eigenvalue weighted by Crippen LogP contribution is 2.18. The van der Waals surface area contributed by atoms with Crippen LogP contribution in [-0.4, -0.2) is 57.8 Å². The van der Waals surface area contributed by atoms with Crippen molar-refractivity contribution >= 4 is 11.9 Å². The Morgan fingerprint density at radius 1 is 1.45 bits per heavy atom. The number of terminal acetylenes is 1. The molecule has 1 amide bonds. The zero-order valence-electron chi connectivity index (χ0n) is 11.9. The molecular formula is C14H22N2O4. The molecule has 112 valence electrons. The van der Waals surface area contributed by atoms with E-state index in [1.54, 1.807) is 0 Å². The Balaban J connectivity index is 2.66. The maximum absolute atomic E-state index is 12.0. The fourth-order valence-corrected chi connectivity index (χ4v) is 2.47. The average Bonchev–Trinajstić information content (AvgIpc) is 2.77. The molecular weight excluding hydrogens is 260 g/mol. The molecule has 0 radical (unpaired) electrons. The molecule has 0 spiro atoms. The van der Waals surface area contributed by atoms with Crippen LogP contribution in [-0.2, 0) is 9.59 Å². The number of hydrogen-bond donors (Lipinski definition) is 3. The molecule has 0 aromatic rings. The van der Waals surface area contributed by atoms with Crippen molar-refractivity contribution in [3.63, 3.8) is 0 Å². The van der Waals surface area contributed by atoms with Gasteiger partial charge >= 0.3 is 5.97 Å². The molecule has 2 unspecified atom stereocenters. The zero-order chi connectivity index (χ0) is 15.3. The molecule has 1 saturated heterocycles. The maximum atomic E-state index is 12.0. The van der Waals surface area contributed by atoms with Gasteiger partial charge in [0.15, 0.2) is 0 Å². The third-order valence-electron chi connectivity index (χ3n) is 3.88. The smallest absolute Gasteiger partial charge is 0.321 e. The van der Waals surface area contributed by atoms with Crippen LogP contribution in [0.5, 0.6) is 0 Å². The van der Waals surface area contributed by atoms with Gasteiger partial charge in [-0.3, -0.25) is 14.5 Å². The molecule has 0 aromatic heterocycles. The van der Waals surface area contributed by atoms with Crippen LogP contribution in [0.3, 0.4) is 0 Å². The molecule has 1 rings (SSSR count). The monoisotopic (exact) mass is 282 g/mol. The van der Waals surface area contributed by atoms with E-state index in [9.17, 15) is 14.7 Å². The third-order valence-corrected chi connectivity index (χ3v) is 3.88. The topological polar surface area (TPSA) is 89.9 Å². The summed E-state index contributed by atoms with van der Waals surface area (Å²) in [5.74, 6) is 1.26. The minimum Gasteiger partial charge on any atom is -0.480 e. The van der Waals surface area contributed by atoms with Gasteiger partial charge in [-0.2, -0.15) is 0 Å². The lowest BCUT2D eigenvalue weighted by molar-refractivity contribution is -0.142. The SMILES string of the molecule is C#CC(CC)(CC)NC(=O)CN1CC(O)CC1C(=O)O. The molecule has 0 aromatic carbocycles. The Hall–Kier alpha value is -1.58. The zero-order valence-corrected chi connectivity index (χ0v) is 11.9. The Morgan fingerprint density at radius 2 is 2.05 bits per heavy atom. The number of aliphatic hydroxyl groups is 1. The van der Waals surface area contributed by atoms with Gasteiger partial charge in [0, 0.05) is 13.0 Å². The first-order valence-electron chi connectivity index (χ1n) is 6.81. The summed E-state index contributed by atoms with van der Waals surface area (Å²) in [6.07, 6.45) is 6.12. The second-order valence-electron chi connectivity index (χ2n) is 5.15. The van der Waals surface area contributed by atoms with Gasteiger partial charge in [0.2, 0.25) is 5.91 Å². The van der Waals surface area contributed by atoms with Crippen LogP contribution in [0.1, 0.15) is 33.1 Å². The Bertz CT molecular complexity index is 412. The van der Waals surface area contributed by atoms with E-state index in [2.05, 4.69) is 11.2 Å². The average molecular weight is 282 g/mol. The highest BCUT2D eigenvalue weighted by molar-refractivity contribution is 5.81. The van der Waals surface area contributed by atoms with Gasteiger partial charge < -0.3 is 15.5 Å². The van der Waals surface area contributed by atoms with Gasteiger partial charge in [-0.15, -0.1) is 6.42 Å². The molecule has 2 atom stereocenters. The van der Waals surface area contributed by atoms with Gasteiger partial charge in [0.1, 0.15) is 11.6 Å². The van der Waals surface area contributed by atoms with Gasteiger partial charge in [-0.1, -0.05) is 19.8 Å². The van der Waals surface area contributed by atoms with Crippen molar-refractivity contribution in [2.45, 2.75) is 50.8 Å². The van der Waals surface area contributed by atoms with Crippen molar-refractivity contribution in [1.82, 2.24) is 10.2 Å². The molecule has 6 heteroatoms. The fourth-order valence-electron chi connectivity index (χ4n) is 2.47. The first-order valence-corrected chi connectivity index (χ1v) is 6.81. The number of nitrogens with zero attached hydrogens (tertiary/aromatic N) is 1. The Labute approximate surface area is 119 Å². The largest absolute Gasteiger partial charge is 0.480 e. The minimum atomic E-state index is -1.02. The van der Waals surface area contributed by atoms with E-state index < -0.39 is 23.7 Å². The van der Waals surface area contributed by atoms with Crippen LogP contribution in [0.25, 0.3) is 0 Å². The summed E-state index contributed by atoms with van der Waals surface area (Å²) < 4.78 is 0. The number of hydrogen-bond acceptors (Lipinski definition) is 4. The van der Waals surface area contributed by atoms with Gasteiger partial charge in [-0.25, -0.2) is 0 Å². The number of aliphatic carboxylic acids is 1. The molecule has 1 fully saturated rings. The number of β-amino-alcohol motifs (C(OH)–C–C–N with tert-alkyl or cyclic N) is 1. The molecule has 20 heavy (non-hydrogen) atoms. The molecule has 0 saturated carbocycles. The van der Waals surface area contributed by atoms with E-state index in [4.69, 9.17) is 11.5 Å². The van der Waals surface area contributed by atoms with E-state index in [-0.39, 0.29) is 25.4 Å². The fraction of sp³-hybridized carbons (Fsp3) is 0.714. The van der Waals surface area contributed by atoms with Crippen molar-refractivity contribution in [3.05, 3.63) is 0 Å². The van der Waals surface area contributed by atoms with Crippen molar-refractivity contribution in [2.24, 2.45) is 0 Å². The number of carbonyl (C=O) groups excluding carboxylic acids is 1. The molecule has 6 nitrogen and oxygen atoms in total. The number of carbonyl (C=O) groups is 2. The normalized spacial score (nSPS) is 23.3. The summed E-state index contributed by atoms with van der Waals surface area (Å²) in [5.41, 5.74) is -0.686. The summed E-state index contributed by atoms with van der Waals surface area (Å²) in [6, 6.07) is -0.820. The minimum absolute atomic E-state index is 0.0720. The second kappa shape index (κ2) is 6.73. The van der Waals surface area contributed by atoms with Crippen molar-refractivity contribution < 1.29 is 19.8 Å². The van der Waals surface area contributed by atoms with Crippen LogP contribution >= 0.6 is 0 Å². The number of carboxylic acids is 1. The predicted octanol–water partition coefficient (Wildman–Crippen LogP) is -0.186. The quantitative estimate of drug-likeness (QED) is 0.588. The summed E-state index contributed by atoms with van der Waals surface area (Å²) in [4.78, 5) is 24.6. The highest BCUT2D eigenvalue weighted by atomic mass is 16.4. The van der Waals surface area contributed by atoms with E-state index in [1.807, 2.05) is 13.8 Å². The Morgan fingerprint density at radius 3 is 2.50 bits per heavy atom. The lowest BCUT2D eigenvalue weighted by Gasteiger charge is -2.29. The molecule has 1 aliphatic heterocycles. The lowest BCUT2D eigenvalue weighted by atomic mass is 9.94. The highest BCUT2D eigenvalue weighted by Gasteiger charge is 2.37. The van der Waals surface area contributed by atoms with Gasteiger partial charge in [0.05, 0.1) is 12.6 Å².